The number of hydrogen-bond donors (Lipinski definition) is 1. The van der Waals surface area contributed by atoms with Gasteiger partial charge in [0.25, 0.3) is 7.37 Å². The Hall–Kier alpha value is -0.250. The molecule has 1 N–H and O–H groups in total. The highest BCUT2D eigenvalue weighted by atomic mass is 79.9. The summed E-state index contributed by atoms with van der Waals surface area (Å²) in [7, 11) is -4.51. The minimum atomic E-state index is -4.51. The Morgan fingerprint density at radius 1 is 1.36 bits per heavy atom. The van der Waals surface area contributed by atoms with Crippen LogP contribution >= 0.6 is 23.3 Å². The molecule has 0 heterocycles. The average Bonchev–Trinajstić information content (AvgIpc) is 2.19. The maximum atomic E-state index is 13.4. The van der Waals surface area contributed by atoms with Crippen LogP contribution in [0.15, 0.2) is 30.3 Å². The van der Waals surface area contributed by atoms with Gasteiger partial charge in [0.15, 0.2) is 0 Å². The summed E-state index contributed by atoms with van der Waals surface area (Å²) in [5.74, 6) is 0. The van der Waals surface area contributed by atoms with Crippen LogP contribution in [0.5, 0.6) is 0 Å². The Bertz CT molecular complexity index is 356. The van der Waals surface area contributed by atoms with Gasteiger partial charge in [-0.1, -0.05) is 46.3 Å². The first-order chi connectivity index (χ1) is 6.42. The van der Waals surface area contributed by atoms with Gasteiger partial charge in [0, 0.05) is 5.56 Å². The predicted octanol–water partition coefficient (Wildman–Crippen LogP) is 3.36. The van der Waals surface area contributed by atoms with Gasteiger partial charge in [0.05, 0.1) is 5.07 Å². The van der Waals surface area contributed by atoms with Crippen LogP contribution in [0.3, 0.4) is 0 Å². The summed E-state index contributed by atoms with van der Waals surface area (Å²) < 4.78 is 37.9. The van der Waals surface area contributed by atoms with Crippen LogP contribution in [-0.2, 0) is 10.2 Å². The van der Waals surface area contributed by atoms with E-state index in [1.807, 2.05) is 0 Å². The fourth-order valence-electron chi connectivity index (χ4n) is 0.915. The lowest BCUT2D eigenvalue weighted by Gasteiger charge is -2.20. The van der Waals surface area contributed by atoms with Crippen molar-refractivity contribution in [1.82, 2.24) is 0 Å². The van der Waals surface area contributed by atoms with E-state index < -0.39 is 23.7 Å². The number of alkyl halides is 3. The van der Waals surface area contributed by atoms with E-state index >= 15 is 0 Å². The quantitative estimate of drug-likeness (QED) is 0.683. The van der Waals surface area contributed by atoms with Gasteiger partial charge in [0.2, 0.25) is 0 Å². The highest BCUT2D eigenvalue weighted by Crippen LogP contribution is 2.62. The predicted molar refractivity (Wildman–Crippen MR) is 54.0 cm³/mol. The molecule has 78 valence electrons. The van der Waals surface area contributed by atoms with E-state index in [9.17, 15) is 13.3 Å². The largest absolute Gasteiger partial charge is 0.347 e. The molecule has 0 aliphatic heterocycles. The minimum Gasteiger partial charge on any atom is -0.339 e. The van der Waals surface area contributed by atoms with E-state index in [-0.39, 0.29) is 0 Å². The Labute approximate surface area is 88.5 Å². The first-order valence-electron chi connectivity index (χ1n) is 3.73. The third-order valence-corrected chi connectivity index (χ3v) is 5.22. The molecule has 0 saturated carbocycles. The van der Waals surface area contributed by atoms with Gasteiger partial charge in [-0.25, -0.2) is 0 Å². The Morgan fingerprint density at radius 2 is 1.86 bits per heavy atom. The zero-order valence-corrected chi connectivity index (χ0v) is 9.51. The van der Waals surface area contributed by atoms with Crippen LogP contribution in [0.4, 0.5) is 8.78 Å². The molecule has 1 rings (SSSR count). The van der Waals surface area contributed by atoms with Crippen molar-refractivity contribution in [3.63, 3.8) is 0 Å². The van der Waals surface area contributed by atoms with Crippen LogP contribution in [0.25, 0.3) is 0 Å². The second-order valence-electron chi connectivity index (χ2n) is 2.73. The molecule has 0 saturated heterocycles. The standard InChI is InChI=1S/C8H8BrF2O2P/c9-6-14(12,13)8(10,11)7-4-2-1-3-5-7/h1-5H,6H2,(H,12,13). The lowest BCUT2D eigenvalue weighted by atomic mass is 10.2. The van der Waals surface area contributed by atoms with E-state index in [2.05, 4.69) is 15.9 Å². The van der Waals surface area contributed by atoms with Crippen molar-refractivity contribution in [2.24, 2.45) is 0 Å². The van der Waals surface area contributed by atoms with Gasteiger partial charge < -0.3 is 4.89 Å². The number of rotatable bonds is 3. The normalized spacial score (nSPS) is 16.3. The first-order valence-corrected chi connectivity index (χ1v) is 6.69. The lowest BCUT2D eigenvalue weighted by Crippen LogP contribution is -2.14. The SMILES string of the molecule is O=P(O)(CBr)C(F)(F)c1ccccc1. The minimum absolute atomic E-state index is 0.440. The molecule has 2 nitrogen and oxygen atoms in total. The second kappa shape index (κ2) is 4.09. The van der Waals surface area contributed by atoms with Crippen molar-refractivity contribution in [2.45, 2.75) is 5.66 Å². The zero-order valence-electron chi connectivity index (χ0n) is 7.03. The maximum absolute atomic E-state index is 13.4. The van der Waals surface area contributed by atoms with Gasteiger partial charge in [-0.2, -0.15) is 8.78 Å². The van der Waals surface area contributed by atoms with E-state index in [0.717, 1.165) is 12.1 Å². The molecule has 0 amide bonds. The Morgan fingerprint density at radius 3 is 2.29 bits per heavy atom. The van der Waals surface area contributed by atoms with Crippen molar-refractivity contribution in [3.05, 3.63) is 35.9 Å². The Balaban J connectivity index is 3.15. The molecule has 6 heteroatoms. The van der Waals surface area contributed by atoms with Crippen LogP contribution in [0.2, 0.25) is 0 Å². The monoisotopic (exact) mass is 284 g/mol. The third-order valence-electron chi connectivity index (χ3n) is 1.72. The second-order valence-corrected chi connectivity index (χ2v) is 6.44. The van der Waals surface area contributed by atoms with E-state index in [1.165, 1.54) is 12.1 Å². The van der Waals surface area contributed by atoms with Crippen molar-refractivity contribution in [3.8, 4) is 0 Å². The summed E-state index contributed by atoms with van der Waals surface area (Å²) >= 11 is 2.61. The molecular weight excluding hydrogens is 277 g/mol. The van der Waals surface area contributed by atoms with Crippen LogP contribution in [0.1, 0.15) is 5.56 Å². The van der Waals surface area contributed by atoms with E-state index in [4.69, 9.17) is 4.89 Å². The fourth-order valence-corrected chi connectivity index (χ4v) is 2.56. The molecule has 0 bridgehead atoms. The van der Waals surface area contributed by atoms with Crippen LogP contribution < -0.4 is 0 Å². The fraction of sp³-hybridized carbons (Fsp3) is 0.250. The molecular formula is C8H8BrF2O2P. The third kappa shape index (κ3) is 2.05. The smallest absolute Gasteiger partial charge is 0.339 e. The topological polar surface area (TPSA) is 37.3 Å². The van der Waals surface area contributed by atoms with Gasteiger partial charge in [-0.05, 0) is 0 Å². The summed E-state index contributed by atoms with van der Waals surface area (Å²) in [6.45, 7) is 0. The molecule has 1 aromatic rings. The first kappa shape index (κ1) is 11.8. The van der Waals surface area contributed by atoms with Crippen molar-refractivity contribution in [2.75, 3.05) is 5.07 Å². The van der Waals surface area contributed by atoms with Crippen LogP contribution in [0, 0.1) is 0 Å². The number of benzene rings is 1. The zero-order chi connectivity index (χ0) is 10.8. The Kier molecular flexibility index (Phi) is 3.45. The molecule has 0 aliphatic carbocycles. The lowest BCUT2D eigenvalue weighted by molar-refractivity contribution is 0.0754. The molecule has 0 spiro atoms. The summed E-state index contributed by atoms with van der Waals surface area (Å²) in [5, 5.41) is -0.623. The van der Waals surface area contributed by atoms with Gasteiger partial charge >= 0.3 is 5.66 Å². The highest BCUT2D eigenvalue weighted by molar-refractivity contribution is 9.10. The molecule has 1 aromatic carbocycles. The number of halogens is 3. The molecule has 14 heavy (non-hydrogen) atoms. The van der Waals surface area contributed by atoms with Crippen molar-refractivity contribution >= 4 is 23.3 Å². The average molecular weight is 285 g/mol. The summed E-state index contributed by atoms with van der Waals surface area (Å²) in [4.78, 5) is 9.06. The van der Waals surface area contributed by atoms with Gasteiger partial charge in [-0.15, -0.1) is 0 Å². The van der Waals surface area contributed by atoms with E-state index in [0.29, 0.717) is 0 Å². The van der Waals surface area contributed by atoms with Gasteiger partial charge in [-0.3, -0.25) is 4.57 Å². The molecule has 0 aliphatic rings. The summed E-state index contributed by atoms with van der Waals surface area (Å²) in [6, 6.07) is 6.63. The van der Waals surface area contributed by atoms with E-state index in [1.54, 1.807) is 6.07 Å². The number of hydrogen-bond acceptors (Lipinski definition) is 1. The van der Waals surface area contributed by atoms with Gasteiger partial charge in [0.1, 0.15) is 0 Å². The molecule has 1 atom stereocenters. The summed E-state index contributed by atoms with van der Waals surface area (Å²) in [5.41, 5.74) is -4.14. The molecule has 1 unspecified atom stereocenters. The van der Waals surface area contributed by atoms with Crippen molar-refractivity contribution in [1.29, 1.82) is 0 Å². The summed E-state index contributed by atoms with van der Waals surface area (Å²) in [6.07, 6.45) is 0. The molecule has 0 fully saturated rings. The molecule has 0 aromatic heterocycles. The van der Waals surface area contributed by atoms with Crippen molar-refractivity contribution < 1.29 is 18.2 Å². The molecule has 0 radical (unpaired) electrons. The van der Waals surface area contributed by atoms with Crippen LogP contribution in [-0.4, -0.2) is 9.96 Å². The maximum Gasteiger partial charge on any atom is 0.347 e. The highest BCUT2D eigenvalue weighted by Gasteiger charge is 2.49.